The minimum absolute atomic E-state index is 0.0417. The van der Waals surface area contributed by atoms with E-state index in [1.165, 1.54) is 30.5 Å². The van der Waals surface area contributed by atoms with Gasteiger partial charge < -0.3 is 4.74 Å². The Labute approximate surface area is 125 Å². The third kappa shape index (κ3) is 3.83. The molecule has 5 heteroatoms. The minimum atomic E-state index is -0.528. The summed E-state index contributed by atoms with van der Waals surface area (Å²) in [5.41, 5.74) is 0.492. The molecule has 2 nitrogen and oxygen atoms in total. The number of rotatable bonds is 4. The van der Waals surface area contributed by atoms with Crippen molar-refractivity contribution in [3.05, 3.63) is 76.2 Å². The number of ketones is 1. The van der Waals surface area contributed by atoms with Gasteiger partial charge in [0.1, 0.15) is 11.6 Å². The Balaban J connectivity index is 2.00. The molecule has 0 N–H and O–H groups in total. The molecule has 0 unspecified atom stereocenters. The zero-order valence-corrected chi connectivity index (χ0v) is 11.7. The fourth-order valence-electron chi connectivity index (χ4n) is 1.43. The highest BCUT2D eigenvalue weighted by molar-refractivity contribution is 6.31. The predicted molar refractivity (Wildman–Crippen MR) is 77.0 cm³/mol. The molecule has 102 valence electrons. The first kappa shape index (κ1) is 14.6. The molecule has 0 heterocycles. The second-order valence-electron chi connectivity index (χ2n) is 3.87. The first-order chi connectivity index (χ1) is 9.56. The van der Waals surface area contributed by atoms with Crippen molar-refractivity contribution >= 4 is 29.0 Å². The van der Waals surface area contributed by atoms with Crippen molar-refractivity contribution in [3.63, 3.8) is 0 Å². The summed E-state index contributed by atoms with van der Waals surface area (Å²) in [6.07, 6.45) is 2.49. The lowest BCUT2D eigenvalue weighted by atomic mass is 10.1. The van der Waals surface area contributed by atoms with Crippen molar-refractivity contribution in [1.29, 1.82) is 0 Å². The lowest BCUT2D eigenvalue weighted by Crippen LogP contribution is -1.94. The van der Waals surface area contributed by atoms with Crippen LogP contribution in [0.25, 0.3) is 0 Å². The smallest absolute Gasteiger partial charge is 0.188 e. The van der Waals surface area contributed by atoms with Gasteiger partial charge in [-0.05, 0) is 36.4 Å². The SMILES string of the molecule is O=C(/C=C/Oc1ccc(F)c(Cl)c1)c1ccc(Cl)cc1. The van der Waals surface area contributed by atoms with Crippen LogP contribution in [0.4, 0.5) is 4.39 Å². The van der Waals surface area contributed by atoms with Gasteiger partial charge in [0.25, 0.3) is 0 Å². The first-order valence-electron chi connectivity index (χ1n) is 5.64. The third-order valence-corrected chi connectivity index (χ3v) is 2.98. The average molecular weight is 311 g/mol. The van der Waals surface area contributed by atoms with Crippen LogP contribution in [0.5, 0.6) is 5.75 Å². The van der Waals surface area contributed by atoms with Crippen LogP contribution >= 0.6 is 23.2 Å². The van der Waals surface area contributed by atoms with Gasteiger partial charge in [0.05, 0.1) is 11.3 Å². The van der Waals surface area contributed by atoms with E-state index in [1.807, 2.05) is 0 Å². The molecule has 0 saturated carbocycles. The Morgan fingerprint density at radius 3 is 2.45 bits per heavy atom. The van der Waals surface area contributed by atoms with E-state index in [4.69, 9.17) is 27.9 Å². The third-order valence-electron chi connectivity index (χ3n) is 2.44. The number of benzene rings is 2. The number of hydrogen-bond donors (Lipinski definition) is 0. The van der Waals surface area contributed by atoms with E-state index < -0.39 is 5.82 Å². The number of hydrogen-bond acceptors (Lipinski definition) is 2. The molecule has 0 aromatic heterocycles. The molecule has 2 aromatic rings. The Morgan fingerprint density at radius 1 is 1.10 bits per heavy atom. The number of allylic oxidation sites excluding steroid dienone is 1. The Morgan fingerprint density at radius 2 is 1.80 bits per heavy atom. The predicted octanol–water partition coefficient (Wildman–Crippen LogP) is 4.91. The van der Waals surface area contributed by atoms with Crippen LogP contribution in [0.3, 0.4) is 0 Å². The molecule has 2 aromatic carbocycles. The van der Waals surface area contributed by atoms with Crippen molar-refractivity contribution in [3.8, 4) is 5.75 Å². The topological polar surface area (TPSA) is 26.3 Å². The number of carbonyl (C=O) groups excluding carboxylic acids is 1. The van der Waals surface area contributed by atoms with Crippen LogP contribution in [-0.2, 0) is 0 Å². The molecule has 0 fully saturated rings. The molecule has 0 saturated heterocycles. The van der Waals surface area contributed by atoms with E-state index in [1.54, 1.807) is 24.3 Å². The summed E-state index contributed by atoms with van der Waals surface area (Å²) in [7, 11) is 0. The van der Waals surface area contributed by atoms with Gasteiger partial charge in [-0.25, -0.2) is 4.39 Å². The molecule has 0 amide bonds. The fourth-order valence-corrected chi connectivity index (χ4v) is 1.73. The zero-order valence-electron chi connectivity index (χ0n) is 10.1. The monoisotopic (exact) mass is 310 g/mol. The Kier molecular flexibility index (Phi) is 4.77. The second kappa shape index (κ2) is 6.55. The van der Waals surface area contributed by atoms with Crippen LogP contribution in [0.1, 0.15) is 10.4 Å². The molecule has 0 bridgehead atoms. The summed E-state index contributed by atoms with van der Waals surface area (Å²) in [5, 5.41) is 0.516. The van der Waals surface area contributed by atoms with Crippen molar-refractivity contribution in [2.75, 3.05) is 0 Å². The molecule has 0 aliphatic heterocycles. The highest BCUT2D eigenvalue weighted by atomic mass is 35.5. The summed E-state index contributed by atoms with van der Waals surface area (Å²) in [5.74, 6) is -0.410. The standard InChI is InChI=1S/C15H9Cl2FO2/c16-11-3-1-10(2-4-11)15(19)7-8-20-12-5-6-14(18)13(17)9-12/h1-9H/b8-7+. The molecule has 0 spiro atoms. The average Bonchev–Trinajstić information content (AvgIpc) is 2.43. The van der Waals surface area contributed by atoms with Crippen molar-refractivity contribution < 1.29 is 13.9 Å². The van der Waals surface area contributed by atoms with Gasteiger partial charge in [0, 0.05) is 22.7 Å². The number of carbonyl (C=O) groups is 1. The molecule has 0 radical (unpaired) electrons. The van der Waals surface area contributed by atoms with E-state index in [0.29, 0.717) is 16.3 Å². The second-order valence-corrected chi connectivity index (χ2v) is 4.71. The van der Waals surface area contributed by atoms with Gasteiger partial charge in [0.15, 0.2) is 5.78 Å². The van der Waals surface area contributed by atoms with E-state index in [-0.39, 0.29) is 10.8 Å². The fraction of sp³-hybridized carbons (Fsp3) is 0. The number of halogens is 3. The number of ether oxygens (including phenoxy) is 1. The highest BCUT2D eigenvalue weighted by Crippen LogP contribution is 2.21. The van der Waals surface area contributed by atoms with Crippen molar-refractivity contribution in [2.24, 2.45) is 0 Å². The van der Waals surface area contributed by atoms with Gasteiger partial charge >= 0.3 is 0 Å². The zero-order chi connectivity index (χ0) is 14.5. The van der Waals surface area contributed by atoms with Crippen LogP contribution < -0.4 is 4.74 Å². The van der Waals surface area contributed by atoms with E-state index in [2.05, 4.69) is 0 Å². The molecule has 0 aliphatic rings. The van der Waals surface area contributed by atoms with Crippen molar-refractivity contribution in [1.82, 2.24) is 0 Å². The first-order valence-corrected chi connectivity index (χ1v) is 6.40. The highest BCUT2D eigenvalue weighted by Gasteiger charge is 2.02. The molecular weight excluding hydrogens is 302 g/mol. The normalized spacial score (nSPS) is 10.8. The molecule has 2 rings (SSSR count). The summed E-state index contributed by atoms with van der Waals surface area (Å²) in [4.78, 5) is 11.8. The summed E-state index contributed by atoms with van der Waals surface area (Å²) in [6, 6.07) is 10.4. The quantitative estimate of drug-likeness (QED) is 0.456. The summed E-state index contributed by atoms with van der Waals surface area (Å²) >= 11 is 11.3. The van der Waals surface area contributed by atoms with Crippen LogP contribution in [0.15, 0.2) is 54.8 Å². The maximum atomic E-state index is 12.9. The van der Waals surface area contributed by atoms with Crippen LogP contribution in [-0.4, -0.2) is 5.78 Å². The van der Waals surface area contributed by atoms with Gasteiger partial charge in [-0.15, -0.1) is 0 Å². The summed E-state index contributed by atoms with van der Waals surface area (Å²) < 4.78 is 18.1. The van der Waals surface area contributed by atoms with Gasteiger partial charge in [-0.1, -0.05) is 23.2 Å². The largest absolute Gasteiger partial charge is 0.465 e. The Bertz CT molecular complexity index is 651. The van der Waals surface area contributed by atoms with E-state index in [0.717, 1.165) is 0 Å². The van der Waals surface area contributed by atoms with Crippen molar-refractivity contribution in [2.45, 2.75) is 0 Å². The van der Waals surface area contributed by atoms with Gasteiger partial charge in [-0.3, -0.25) is 4.79 Å². The van der Waals surface area contributed by atoms with E-state index in [9.17, 15) is 9.18 Å². The van der Waals surface area contributed by atoms with Crippen LogP contribution in [0.2, 0.25) is 10.0 Å². The van der Waals surface area contributed by atoms with Crippen LogP contribution in [0, 0.1) is 5.82 Å². The molecule has 20 heavy (non-hydrogen) atoms. The molecule has 0 atom stereocenters. The van der Waals surface area contributed by atoms with E-state index >= 15 is 0 Å². The van der Waals surface area contributed by atoms with Gasteiger partial charge in [0.2, 0.25) is 0 Å². The molecule has 0 aliphatic carbocycles. The Hall–Kier alpha value is -1.84. The maximum Gasteiger partial charge on any atom is 0.188 e. The lowest BCUT2D eigenvalue weighted by molar-refractivity contribution is 0.104. The van der Waals surface area contributed by atoms with Gasteiger partial charge in [-0.2, -0.15) is 0 Å². The lowest BCUT2D eigenvalue weighted by Gasteiger charge is -2.01. The molecular formula is C15H9Cl2FO2. The maximum absolute atomic E-state index is 12.9. The summed E-state index contributed by atoms with van der Waals surface area (Å²) in [6.45, 7) is 0. The minimum Gasteiger partial charge on any atom is -0.465 e.